The quantitative estimate of drug-likeness (QED) is 0.874. The van der Waals surface area contributed by atoms with Crippen molar-refractivity contribution in [3.05, 3.63) is 51.7 Å². The van der Waals surface area contributed by atoms with Gasteiger partial charge in [0.1, 0.15) is 6.07 Å². The van der Waals surface area contributed by atoms with E-state index in [9.17, 15) is 5.26 Å². The standard InChI is InChI=1S/C15H16N2S/c1-3-13(14-8-5-9-18-14)17-15-11(2)6-4-7-12(15)10-16/h4-9,13,17H,3H2,1-2H3. The number of anilines is 1. The summed E-state index contributed by atoms with van der Waals surface area (Å²) >= 11 is 1.75. The van der Waals surface area contributed by atoms with Crippen LogP contribution in [-0.2, 0) is 0 Å². The molecular formula is C15H16N2S. The third-order valence-electron chi connectivity index (χ3n) is 3.01. The zero-order valence-corrected chi connectivity index (χ0v) is 11.4. The summed E-state index contributed by atoms with van der Waals surface area (Å²) in [5.74, 6) is 0. The molecule has 0 saturated carbocycles. The molecule has 0 radical (unpaired) electrons. The Labute approximate surface area is 112 Å². The molecule has 0 aliphatic heterocycles. The van der Waals surface area contributed by atoms with Crippen molar-refractivity contribution in [3.63, 3.8) is 0 Å². The Kier molecular flexibility index (Phi) is 4.01. The van der Waals surface area contributed by atoms with Gasteiger partial charge >= 0.3 is 0 Å². The molecule has 18 heavy (non-hydrogen) atoms. The van der Waals surface area contributed by atoms with Gasteiger partial charge in [-0.25, -0.2) is 0 Å². The number of benzene rings is 1. The fraction of sp³-hybridized carbons (Fsp3) is 0.267. The Morgan fingerprint density at radius 3 is 2.78 bits per heavy atom. The third kappa shape index (κ3) is 2.55. The third-order valence-corrected chi connectivity index (χ3v) is 3.99. The number of para-hydroxylation sites is 1. The van der Waals surface area contributed by atoms with E-state index in [2.05, 4.69) is 35.8 Å². The maximum atomic E-state index is 9.17. The Bertz CT molecular complexity index is 552. The fourth-order valence-electron chi connectivity index (χ4n) is 1.99. The Morgan fingerprint density at radius 1 is 1.33 bits per heavy atom. The lowest BCUT2D eigenvalue weighted by Gasteiger charge is -2.19. The van der Waals surface area contributed by atoms with Crippen LogP contribution in [0, 0.1) is 18.3 Å². The first-order valence-corrected chi connectivity index (χ1v) is 6.94. The molecule has 0 bridgehead atoms. The normalized spacial score (nSPS) is 11.8. The highest BCUT2D eigenvalue weighted by Crippen LogP contribution is 2.29. The predicted molar refractivity (Wildman–Crippen MR) is 76.9 cm³/mol. The van der Waals surface area contributed by atoms with E-state index in [0.29, 0.717) is 5.56 Å². The first-order valence-electron chi connectivity index (χ1n) is 6.06. The lowest BCUT2D eigenvalue weighted by Crippen LogP contribution is -2.10. The Balaban J connectivity index is 2.31. The molecule has 2 rings (SSSR count). The summed E-state index contributed by atoms with van der Waals surface area (Å²) in [7, 11) is 0. The summed E-state index contributed by atoms with van der Waals surface area (Å²) in [6.07, 6.45) is 1.000. The minimum absolute atomic E-state index is 0.276. The summed E-state index contributed by atoms with van der Waals surface area (Å²) in [6, 6.07) is 12.5. The number of rotatable bonds is 4. The van der Waals surface area contributed by atoms with Gasteiger partial charge in [-0.3, -0.25) is 0 Å². The van der Waals surface area contributed by atoms with Crippen LogP contribution in [0.4, 0.5) is 5.69 Å². The first kappa shape index (κ1) is 12.7. The second kappa shape index (κ2) is 5.70. The van der Waals surface area contributed by atoms with Crippen LogP contribution in [0.25, 0.3) is 0 Å². The van der Waals surface area contributed by atoms with Crippen LogP contribution in [0.15, 0.2) is 35.7 Å². The van der Waals surface area contributed by atoms with E-state index in [1.807, 2.05) is 25.1 Å². The summed E-state index contributed by atoms with van der Waals surface area (Å²) in [5, 5.41) is 14.8. The maximum Gasteiger partial charge on any atom is 0.101 e. The second-order valence-corrected chi connectivity index (χ2v) is 5.21. The summed E-state index contributed by atoms with van der Waals surface area (Å²) in [5.41, 5.74) is 2.79. The van der Waals surface area contributed by atoms with Crippen LogP contribution in [0.3, 0.4) is 0 Å². The minimum atomic E-state index is 0.276. The molecular weight excluding hydrogens is 240 g/mol. The van der Waals surface area contributed by atoms with Crippen molar-refractivity contribution in [2.24, 2.45) is 0 Å². The molecule has 0 aliphatic carbocycles. The van der Waals surface area contributed by atoms with Crippen molar-refractivity contribution < 1.29 is 0 Å². The molecule has 1 atom stereocenters. The van der Waals surface area contributed by atoms with Gasteiger partial charge in [0, 0.05) is 4.88 Å². The zero-order valence-electron chi connectivity index (χ0n) is 10.6. The van der Waals surface area contributed by atoms with Crippen LogP contribution in [-0.4, -0.2) is 0 Å². The molecule has 0 saturated heterocycles. The van der Waals surface area contributed by atoms with Gasteiger partial charge in [-0.1, -0.05) is 25.1 Å². The smallest absolute Gasteiger partial charge is 0.101 e. The number of hydrogen-bond donors (Lipinski definition) is 1. The minimum Gasteiger partial charge on any atom is -0.376 e. The van der Waals surface area contributed by atoms with E-state index in [1.165, 1.54) is 4.88 Å². The van der Waals surface area contributed by atoms with Gasteiger partial charge in [0.25, 0.3) is 0 Å². The van der Waals surface area contributed by atoms with E-state index in [-0.39, 0.29) is 6.04 Å². The Hall–Kier alpha value is -1.79. The van der Waals surface area contributed by atoms with Crippen LogP contribution in [0.5, 0.6) is 0 Å². The van der Waals surface area contributed by atoms with Gasteiger partial charge in [-0.2, -0.15) is 5.26 Å². The SMILES string of the molecule is CCC(Nc1c(C)cccc1C#N)c1cccs1. The van der Waals surface area contributed by atoms with Gasteiger partial charge in [0.15, 0.2) is 0 Å². The molecule has 0 spiro atoms. The van der Waals surface area contributed by atoms with E-state index in [4.69, 9.17) is 0 Å². The van der Waals surface area contributed by atoms with Crippen molar-refractivity contribution in [2.75, 3.05) is 5.32 Å². The van der Waals surface area contributed by atoms with Crippen LogP contribution in [0.1, 0.15) is 35.4 Å². The molecule has 3 heteroatoms. The zero-order chi connectivity index (χ0) is 13.0. The van der Waals surface area contributed by atoms with Crippen molar-refractivity contribution in [2.45, 2.75) is 26.3 Å². The van der Waals surface area contributed by atoms with Gasteiger partial charge in [-0.05, 0) is 36.4 Å². The fourth-order valence-corrected chi connectivity index (χ4v) is 2.85. The van der Waals surface area contributed by atoms with Gasteiger partial charge < -0.3 is 5.32 Å². The van der Waals surface area contributed by atoms with E-state index < -0.39 is 0 Å². The molecule has 92 valence electrons. The number of nitriles is 1. The number of thiophene rings is 1. The number of nitrogens with zero attached hydrogens (tertiary/aromatic N) is 1. The summed E-state index contributed by atoms with van der Waals surface area (Å²) in [4.78, 5) is 1.31. The predicted octanol–water partition coefficient (Wildman–Crippen LogP) is 4.49. The molecule has 1 N–H and O–H groups in total. The molecule has 2 nitrogen and oxygen atoms in total. The van der Waals surface area contributed by atoms with Crippen LogP contribution < -0.4 is 5.32 Å². The van der Waals surface area contributed by atoms with Crippen molar-refractivity contribution >= 4 is 17.0 Å². The average Bonchev–Trinajstić information content (AvgIpc) is 2.91. The van der Waals surface area contributed by atoms with Crippen molar-refractivity contribution in [1.29, 1.82) is 5.26 Å². The summed E-state index contributed by atoms with van der Waals surface area (Å²) in [6.45, 7) is 4.19. The number of nitrogens with one attached hydrogen (secondary N) is 1. The van der Waals surface area contributed by atoms with Crippen LogP contribution >= 0.6 is 11.3 Å². The maximum absolute atomic E-state index is 9.17. The topological polar surface area (TPSA) is 35.8 Å². The van der Waals surface area contributed by atoms with Crippen molar-refractivity contribution in [1.82, 2.24) is 0 Å². The Morgan fingerprint density at radius 2 is 2.17 bits per heavy atom. The largest absolute Gasteiger partial charge is 0.376 e. The van der Waals surface area contributed by atoms with Gasteiger partial charge in [-0.15, -0.1) is 11.3 Å². The molecule has 2 aromatic rings. The molecule has 1 aromatic carbocycles. The van der Waals surface area contributed by atoms with E-state index >= 15 is 0 Å². The molecule has 0 amide bonds. The lowest BCUT2D eigenvalue weighted by atomic mass is 10.1. The lowest BCUT2D eigenvalue weighted by molar-refractivity contribution is 0.762. The molecule has 0 aliphatic rings. The molecule has 0 fully saturated rings. The molecule has 1 aromatic heterocycles. The van der Waals surface area contributed by atoms with Gasteiger partial charge in [0.2, 0.25) is 0 Å². The highest BCUT2D eigenvalue weighted by atomic mass is 32.1. The van der Waals surface area contributed by atoms with Crippen molar-refractivity contribution in [3.8, 4) is 6.07 Å². The molecule has 1 unspecified atom stereocenters. The average molecular weight is 256 g/mol. The summed E-state index contributed by atoms with van der Waals surface area (Å²) < 4.78 is 0. The second-order valence-electron chi connectivity index (χ2n) is 4.23. The van der Waals surface area contributed by atoms with E-state index in [0.717, 1.165) is 17.7 Å². The highest BCUT2D eigenvalue weighted by molar-refractivity contribution is 7.10. The van der Waals surface area contributed by atoms with Crippen LogP contribution in [0.2, 0.25) is 0 Å². The number of hydrogen-bond acceptors (Lipinski definition) is 3. The first-order chi connectivity index (χ1) is 8.76. The monoisotopic (exact) mass is 256 g/mol. The number of aryl methyl sites for hydroxylation is 1. The van der Waals surface area contributed by atoms with Gasteiger partial charge in [0.05, 0.1) is 17.3 Å². The highest BCUT2D eigenvalue weighted by Gasteiger charge is 2.13. The molecule has 1 heterocycles. The van der Waals surface area contributed by atoms with E-state index in [1.54, 1.807) is 11.3 Å².